The summed E-state index contributed by atoms with van der Waals surface area (Å²) in [6.07, 6.45) is -5.82. The molecule has 4 nitrogen and oxygen atoms in total. The molecule has 0 saturated heterocycles. The largest absolute Gasteiger partial charge is 0.465 e. The van der Waals surface area contributed by atoms with Crippen LogP contribution in [-0.2, 0) is 15.2 Å². The molecule has 1 unspecified atom stereocenters. The monoisotopic (exact) mass is 449 g/mol. The molecule has 1 aliphatic rings. The predicted octanol–water partition coefficient (Wildman–Crippen LogP) is 5.81. The minimum Gasteiger partial charge on any atom is -0.465 e. The zero-order chi connectivity index (χ0) is 21.6. The van der Waals surface area contributed by atoms with Gasteiger partial charge in [0.05, 0.1) is 29.8 Å². The van der Waals surface area contributed by atoms with Crippen molar-refractivity contribution < 1.29 is 31.9 Å². The molecule has 0 spiro atoms. The number of alkyl halides is 3. The number of benzene rings is 2. The highest BCUT2D eigenvalue weighted by molar-refractivity contribution is 6.34. The van der Waals surface area contributed by atoms with Crippen LogP contribution in [0.5, 0.6) is 0 Å². The fraction of sp³-hybridized carbons (Fsp3) is 0.263. The van der Waals surface area contributed by atoms with E-state index in [1.807, 2.05) is 0 Å². The lowest BCUT2D eigenvalue weighted by atomic mass is 9.86. The molecule has 10 heteroatoms. The lowest BCUT2D eigenvalue weighted by Gasteiger charge is -2.30. The highest BCUT2D eigenvalue weighted by Gasteiger charge is 2.63. The lowest BCUT2D eigenvalue weighted by molar-refractivity contribution is -0.276. The number of carbonyl (C=O) groups is 1. The number of halogens is 6. The molecule has 154 valence electrons. The molecule has 1 atom stereocenters. The second kappa shape index (κ2) is 7.50. The lowest BCUT2D eigenvalue weighted by Crippen LogP contribution is -2.43. The van der Waals surface area contributed by atoms with Gasteiger partial charge in [0, 0.05) is 10.6 Å². The first-order valence-electron chi connectivity index (χ1n) is 8.16. The predicted molar refractivity (Wildman–Crippen MR) is 98.9 cm³/mol. The third-order valence-electron chi connectivity index (χ3n) is 4.58. The summed E-state index contributed by atoms with van der Waals surface area (Å²) in [6, 6.07) is 6.11. The highest BCUT2D eigenvalue weighted by atomic mass is 35.5. The van der Waals surface area contributed by atoms with Crippen LogP contribution in [0.1, 0.15) is 33.5 Å². The first-order chi connectivity index (χ1) is 13.5. The number of methoxy groups -OCH3 is 1. The van der Waals surface area contributed by atoms with E-state index in [0.29, 0.717) is 5.56 Å². The Kier molecular flexibility index (Phi) is 5.53. The summed E-state index contributed by atoms with van der Waals surface area (Å²) < 4.78 is 61.2. The van der Waals surface area contributed by atoms with Gasteiger partial charge in [-0.05, 0) is 42.3 Å². The maximum atomic E-state index is 14.5. The summed E-state index contributed by atoms with van der Waals surface area (Å²) in [5.74, 6) is -1.87. The van der Waals surface area contributed by atoms with Crippen molar-refractivity contribution in [1.82, 2.24) is 0 Å². The van der Waals surface area contributed by atoms with E-state index >= 15 is 0 Å². The minimum absolute atomic E-state index is 0.0719. The number of rotatable bonds is 3. The summed E-state index contributed by atoms with van der Waals surface area (Å²) >= 11 is 11.5. The van der Waals surface area contributed by atoms with Gasteiger partial charge in [-0.15, -0.1) is 0 Å². The molecule has 1 aliphatic heterocycles. The number of esters is 1. The molecule has 3 rings (SSSR count). The second-order valence-corrected chi connectivity index (χ2v) is 7.24. The van der Waals surface area contributed by atoms with Crippen LogP contribution in [0.4, 0.5) is 17.6 Å². The fourth-order valence-corrected chi connectivity index (χ4v) is 3.56. The van der Waals surface area contributed by atoms with Crippen LogP contribution < -0.4 is 0 Å². The Morgan fingerprint density at radius 1 is 1.24 bits per heavy atom. The van der Waals surface area contributed by atoms with E-state index in [2.05, 4.69) is 9.89 Å². The molecule has 0 fully saturated rings. The van der Waals surface area contributed by atoms with Crippen LogP contribution in [0.3, 0.4) is 0 Å². The Labute approximate surface area is 173 Å². The van der Waals surface area contributed by atoms with Gasteiger partial charge in [-0.1, -0.05) is 34.4 Å². The number of aryl methyl sites for hydroxylation is 1. The molecular weight excluding hydrogens is 437 g/mol. The van der Waals surface area contributed by atoms with E-state index in [1.165, 1.54) is 25.3 Å². The van der Waals surface area contributed by atoms with Crippen LogP contribution in [0, 0.1) is 12.7 Å². The molecule has 0 amide bonds. The van der Waals surface area contributed by atoms with Gasteiger partial charge in [-0.2, -0.15) is 13.2 Å². The van der Waals surface area contributed by atoms with Crippen molar-refractivity contribution in [3.05, 3.63) is 68.4 Å². The van der Waals surface area contributed by atoms with E-state index in [4.69, 9.17) is 28.0 Å². The summed E-state index contributed by atoms with van der Waals surface area (Å²) in [6.45, 7) is 1.60. The van der Waals surface area contributed by atoms with Crippen molar-refractivity contribution in [3.8, 4) is 0 Å². The van der Waals surface area contributed by atoms with E-state index in [9.17, 15) is 22.4 Å². The quantitative estimate of drug-likeness (QED) is 0.337. The van der Waals surface area contributed by atoms with E-state index < -0.39 is 40.6 Å². The average molecular weight is 450 g/mol. The Morgan fingerprint density at radius 2 is 1.93 bits per heavy atom. The van der Waals surface area contributed by atoms with Gasteiger partial charge in [-0.25, -0.2) is 9.18 Å². The fourth-order valence-electron chi connectivity index (χ4n) is 3.07. The smallest absolute Gasteiger partial charge is 0.435 e. The number of oxime groups is 1. The number of hydrogen-bond acceptors (Lipinski definition) is 4. The van der Waals surface area contributed by atoms with Crippen LogP contribution in [0.15, 0.2) is 35.5 Å². The summed E-state index contributed by atoms with van der Waals surface area (Å²) in [5.41, 5.74) is -3.00. The van der Waals surface area contributed by atoms with Crippen molar-refractivity contribution in [2.75, 3.05) is 7.11 Å². The summed E-state index contributed by atoms with van der Waals surface area (Å²) in [4.78, 5) is 16.5. The van der Waals surface area contributed by atoms with Crippen molar-refractivity contribution in [3.63, 3.8) is 0 Å². The molecule has 0 bridgehead atoms. The summed E-state index contributed by atoms with van der Waals surface area (Å²) in [5, 5.41) is 2.83. The molecule has 0 aromatic heterocycles. The average Bonchev–Trinajstić information content (AvgIpc) is 3.10. The topological polar surface area (TPSA) is 47.9 Å². The first kappa shape index (κ1) is 21.4. The van der Waals surface area contributed by atoms with Crippen molar-refractivity contribution in [1.29, 1.82) is 0 Å². The molecule has 29 heavy (non-hydrogen) atoms. The Bertz CT molecular complexity index is 1020. The maximum absolute atomic E-state index is 14.5. The summed E-state index contributed by atoms with van der Waals surface area (Å²) in [7, 11) is 1.22. The third-order valence-corrected chi connectivity index (χ3v) is 5.07. The maximum Gasteiger partial charge on any atom is 0.435 e. The molecule has 1 heterocycles. The molecular formula is C19H13Cl2F4NO3. The minimum atomic E-state index is -5.02. The normalized spacial score (nSPS) is 19.0. The zero-order valence-corrected chi connectivity index (χ0v) is 16.5. The molecule has 2 aromatic carbocycles. The molecule has 0 saturated carbocycles. The number of hydrogen-bond donors (Lipinski definition) is 0. The van der Waals surface area contributed by atoms with Gasteiger partial charge in [0.25, 0.3) is 5.60 Å². The SMILES string of the molecule is COC(=O)c1ccc(C2=NOC(c3cc(Cl)cc(Cl)c3F)(C(F)(F)F)C2)cc1C. The second-order valence-electron chi connectivity index (χ2n) is 6.40. The number of nitrogens with zero attached hydrogens (tertiary/aromatic N) is 1. The molecule has 0 N–H and O–H groups in total. The highest BCUT2D eigenvalue weighted by Crippen LogP contribution is 2.50. The van der Waals surface area contributed by atoms with Crippen LogP contribution >= 0.6 is 23.2 Å². The van der Waals surface area contributed by atoms with Crippen LogP contribution in [0.2, 0.25) is 10.0 Å². The number of ether oxygens (including phenoxy) is 1. The van der Waals surface area contributed by atoms with E-state index in [-0.39, 0.29) is 21.9 Å². The van der Waals surface area contributed by atoms with Gasteiger partial charge < -0.3 is 9.57 Å². The van der Waals surface area contributed by atoms with Gasteiger partial charge in [0.15, 0.2) is 0 Å². The van der Waals surface area contributed by atoms with E-state index in [1.54, 1.807) is 6.92 Å². The van der Waals surface area contributed by atoms with Crippen molar-refractivity contribution in [2.24, 2.45) is 5.16 Å². The van der Waals surface area contributed by atoms with E-state index in [0.717, 1.165) is 12.1 Å². The van der Waals surface area contributed by atoms with Gasteiger partial charge in [0.2, 0.25) is 0 Å². The first-order valence-corrected chi connectivity index (χ1v) is 8.92. The molecule has 2 aromatic rings. The van der Waals surface area contributed by atoms with Crippen molar-refractivity contribution >= 4 is 34.9 Å². The van der Waals surface area contributed by atoms with Crippen LogP contribution in [0.25, 0.3) is 0 Å². The standard InChI is InChI=1S/C19H13Cl2F4NO3/c1-9-5-10(3-4-12(9)17(27)28-2)15-8-18(29-26-15,19(23,24)25)13-6-11(20)7-14(21)16(13)22/h3-7H,8H2,1-2H3. The Morgan fingerprint density at radius 3 is 2.52 bits per heavy atom. The van der Waals surface area contributed by atoms with Crippen LogP contribution in [-0.4, -0.2) is 25.0 Å². The zero-order valence-electron chi connectivity index (χ0n) is 15.0. The molecule has 0 radical (unpaired) electrons. The van der Waals surface area contributed by atoms with Gasteiger partial charge in [0.1, 0.15) is 5.82 Å². The third kappa shape index (κ3) is 3.67. The molecule has 0 aliphatic carbocycles. The number of carbonyl (C=O) groups excluding carboxylic acids is 1. The Balaban J connectivity index is 2.05. The van der Waals surface area contributed by atoms with Gasteiger partial charge in [-0.3, -0.25) is 0 Å². The Hall–Kier alpha value is -2.32. The van der Waals surface area contributed by atoms with Gasteiger partial charge >= 0.3 is 12.1 Å². The van der Waals surface area contributed by atoms with Crippen molar-refractivity contribution in [2.45, 2.75) is 25.1 Å².